The number of hydrogen-bond donors (Lipinski definition) is 2. The number of benzene rings is 1. The van der Waals surface area contributed by atoms with Crippen molar-refractivity contribution in [3.05, 3.63) is 47.5 Å². The highest BCUT2D eigenvalue weighted by atomic mass is 19.1. The van der Waals surface area contributed by atoms with Gasteiger partial charge >= 0.3 is 0 Å². The summed E-state index contributed by atoms with van der Waals surface area (Å²) in [5.74, 6) is -0.150. The second-order valence-electron chi connectivity index (χ2n) is 6.16. The van der Waals surface area contributed by atoms with Gasteiger partial charge in [0.25, 0.3) is 5.91 Å². The van der Waals surface area contributed by atoms with Crippen LogP contribution in [0.25, 0.3) is 0 Å². The molecule has 1 heterocycles. The Balaban J connectivity index is 1.72. The zero-order valence-electron chi connectivity index (χ0n) is 13.7. The zero-order valence-corrected chi connectivity index (χ0v) is 13.7. The van der Waals surface area contributed by atoms with Crippen molar-refractivity contribution in [2.45, 2.75) is 45.1 Å². The van der Waals surface area contributed by atoms with Gasteiger partial charge in [0.05, 0.1) is 0 Å². The number of hydrogen-bond acceptors (Lipinski definition) is 4. The number of halogens is 1. The Kier molecular flexibility index (Phi) is 5.03. The van der Waals surface area contributed by atoms with Crippen LogP contribution in [0.1, 0.15) is 48.3 Å². The molecular formula is C18H21FN4O. The Labute approximate surface area is 140 Å². The monoisotopic (exact) mass is 328 g/mol. The summed E-state index contributed by atoms with van der Waals surface area (Å²) >= 11 is 0. The first-order chi connectivity index (χ1) is 11.6. The van der Waals surface area contributed by atoms with Crippen molar-refractivity contribution < 1.29 is 9.18 Å². The first kappa shape index (κ1) is 16.4. The number of amides is 1. The predicted molar refractivity (Wildman–Crippen MR) is 90.8 cm³/mol. The summed E-state index contributed by atoms with van der Waals surface area (Å²) in [5.41, 5.74) is 1.71. The molecule has 126 valence electrons. The van der Waals surface area contributed by atoms with Gasteiger partial charge < -0.3 is 10.6 Å². The minimum atomic E-state index is -0.307. The van der Waals surface area contributed by atoms with Crippen LogP contribution in [0.15, 0.2) is 30.3 Å². The molecule has 1 aliphatic carbocycles. The molecule has 1 aliphatic rings. The molecular weight excluding hydrogens is 307 g/mol. The first-order valence-corrected chi connectivity index (χ1v) is 8.29. The Hall–Kier alpha value is -2.50. The second kappa shape index (κ2) is 7.38. The minimum absolute atomic E-state index is 0.172. The number of anilines is 2. The molecule has 1 aromatic heterocycles. The van der Waals surface area contributed by atoms with E-state index in [1.807, 2.05) is 6.92 Å². The summed E-state index contributed by atoms with van der Waals surface area (Å²) in [4.78, 5) is 21.0. The molecule has 1 amide bonds. The van der Waals surface area contributed by atoms with E-state index in [4.69, 9.17) is 0 Å². The van der Waals surface area contributed by atoms with E-state index in [9.17, 15) is 9.18 Å². The number of nitrogens with zero attached hydrogens (tertiary/aromatic N) is 2. The maximum absolute atomic E-state index is 13.0. The Morgan fingerprint density at radius 1 is 1.12 bits per heavy atom. The van der Waals surface area contributed by atoms with Crippen LogP contribution in [0.5, 0.6) is 0 Å². The fraction of sp³-hybridized carbons (Fsp3) is 0.389. The Morgan fingerprint density at radius 2 is 1.83 bits per heavy atom. The molecule has 1 saturated carbocycles. The van der Waals surface area contributed by atoms with Crippen molar-refractivity contribution in [2.75, 3.05) is 5.32 Å². The highest BCUT2D eigenvalue weighted by Gasteiger charge is 2.18. The van der Waals surface area contributed by atoms with Crippen molar-refractivity contribution in [1.29, 1.82) is 0 Å². The molecule has 24 heavy (non-hydrogen) atoms. The maximum Gasteiger partial charge on any atom is 0.270 e. The molecule has 0 radical (unpaired) electrons. The van der Waals surface area contributed by atoms with Crippen LogP contribution in [-0.2, 0) is 0 Å². The molecule has 2 aromatic rings. The van der Waals surface area contributed by atoms with E-state index in [2.05, 4.69) is 20.6 Å². The van der Waals surface area contributed by atoms with E-state index in [1.54, 1.807) is 18.2 Å². The van der Waals surface area contributed by atoms with Gasteiger partial charge in [-0.3, -0.25) is 4.79 Å². The second-order valence-corrected chi connectivity index (χ2v) is 6.16. The van der Waals surface area contributed by atoms with Crippen LogP contribution in [0, 0.1) is 12.7 Å². The number of nitrogens with one attached hydrogen (secondary N) is 2. The van der Waals surface area contributed by atoms with Gasteiger partial charge in [0.15, 0.2) is 0 Å². The summed E-state index contributed by atoms with van der Waals surface area (Å²) in [5, 5.41) is 6.06. The fourth-order valence-corrected chi connectivity index (χ4v) is 2.91. The number of aromatic nitrogens is 2. The molecule has 0 atom stereocenters. The molecule has 1 fully saturated rings. The predicted octanol–water partition coefficient (Wildman–Crippen LogP) is 3.73. The lowest BCUT2D eigenvalue weighted by Gasteiger charge is -2.22. The summed E-state index contributed by atoms with van der Waals surface area (Å²) in [6, 6.07) is 7.82. The van der Waals surface area contributed by atoms with Gasteiger partial charge in [-0.15, -0.1) is 0 Å². The van der Waals surface area contributed by atoms with E-state index >= 15 is 0 Å². The third-order valence-corrected chi connectivity index (χ3v) is 4.13. The lowest BCUT2D eigenvalue weighted by atomic mass is 9.95. The van der Waals surface area contributed by atoms with Crippen molar-refractivity contribution in [3.63, 3.8) is 0 Å². The van der Waals surface area contributed by atoms with E-state index in [0.717, 1.165) is 25.7 Å². The topological polar surface area (TPSA) is 66.9 Å². The molecule has 2 N–H and O–H groups in total. The van der Waals surface area contributed by atoms with E-state index in [1.165, 1.54) is 18.6 Å². The minimum Gasteiger partial charge on any atom is -0.348 e. The van der Waals surface area contributed by atoms with Crippen LogP contribution in [0.2, 0.25) is 0 Å². The molecule has 5 nitrogen and oxygen atoms in total. The molecule has 0 saturated heterocycles. The van der Waals surface area contributed by atoms with Gasteiger partial charge in [-0.25, -0.2) is 14.4 Å². The van der Waals surface area contributed by atoms with Gasteiger partial charge in [0.1, 0.15) is 11.5 Å². The van der Waals surface area contributed by atoms with Crippen LogP contribution in [-0.4, -0.2) is 21.9 Å². The van der Waals surface area contributed by atoms with Crippen LogP contribution in [0.3, 0.4) is 0 Å². The van der Waals surface area contributed by atoms with Crippen LogP contribution < -0.4 is 10.6 Å². The third kappa shape index (κ3) is 4.28. The zero-order chi connectivity index (χ0) is 16.9. The first-order valence-electron chi connectivity index (χ1n) is 8.29. The summed E-state index contributed by atoms with van der Waals surface area (Å²) in [6.07, 6.45) is 5.61. The van der Waals surface area contributed by atoms with Crippen molar-refractivity contribution in [2.24, 2.45) is 0 Å². The van der Waals surface area contributed by atoms with E-state index < -0.39 is 0 Å². The van der Waals surface area contributed by atoms with Crippen molar-refractivity contribution in [1.82, 2.24) is 15.3 Å². The number of carbonyl (C=O) groups excluding carboxylic acids is 1. The average molecular weight is 328 g/mol. The van der Waals surface area contributed by atoms with E-state index in [0.29, 0.717) is 23.0 Å². The summed E-state index contributed by atoms with van der Waals surface area (Å²) in [7, 11) is 0. The maximum atomic E-state index is 13.0. The lowest BCUT2D eigenvalue weighted by molar-refractivity contribution is 0.0922. The number of rotatable bonds is 4. The van der Waals surface area contributed by atoms with Crippen LogP contribution in [0.4, 0.5) is 16.0 Å². The SMILES string of the molecule is Cc1cc(C(=O)NC2CCCCC2)nc(Nc2ccc(F)cc2)n1. The Bertz CT molecular complexity index is 711. The highest BCUT2D eigenvalue weighted by Crippen LogP contribution is 2.18. The molecule has 0 aliphatic heterocycles. The van der Waals surface area contributed by atoms with Crippen molar-refractivity contribution in [3.8, 4) is 0 Å². The number of carbonyl (C=O) groups is 1. The largest absolute Gasteiger partial charge is 0.348 e. The highest BCUT2D eigenvalue weighted by molar-refractivity contribution is 5.92. The molecule has 1 aromatic carbocycles. The van der Waals surface area contributed by atoms with E-state index in [-0.39, 0.29) is 17.8 Å². The van der Waals surface area contributed by atoms with Gasteiger partial charge in [0, 0.05) is 17.4 Å². The molecule has 0 bridgehead atoms. The molecule has 3 rings (SSSR count). The van der Waals surface area contributed by atoms with Gasteiger partial charge in [-0.05, 0) is 50.1 Å². The third-order valence-electron chi connectivity index (χ3n) is 4.13. The van der Waals surface area contributed by atoms with Gasteiger partial charge in [-0.1, -0.05) is 19.3 Å². The fourth-order valence-electron chi connectivity index (χ4n) is 2.91. The van der Waals surface area contributed by atoms with Gasteiger partial charge in [-0.2, -0.15) is 0 Å². The summed E-state index contributed by atoms with van der Waals surface area (Å²) < 4.78 is 13.0. The summed E-state index contributed by atoms with van der Waals surface area (Å²) in [6.45, 7) is 1.81. The quantitative estimate of drug-likeness (QED) is 0.897. The van der Waals surface area contributed by atoms with Crippen LogP contribution >= 0.6 is 0 Å². The standard InChI is InChI=1S/C18H21FN4O/c1-12-11-16(17(24)21-14-5-3-2-4-6-14)23-18(20-12)22-15-9-7-13(19)8-10-15/h7-11,14H,2-6H2,1H3,(H,21,24)(H,20,22,23). The number of aryl methyl sites for hydroxylation is 1. The molecule has 6 heteroatoms. The normalized spacial score (nSPS) is 15.1. The van der Waals surface area contributed by atoms with Gasteiger partial charge in [0.2, 0.25) is 5.95 Å². The smallest absolute Gasteiger partial charge is 0.270 e. The lowest BCUT2D eigenvalue weighted by Crippen LogP contribution is -2.36. The molecule has 0 unspecified atom stereocenters. The Morgan fingerprint density at radius 3 is 2.54 bits per heavy atom. The average Bonchev–Trinajstić information content (AvgIpc) is 2.57. The molecule has 0 spiro atoms. The van der Waals surface area contributed by atoms with Crippen molar-refractivity contribution >= 4 is 17.5 Å².